The smallest absolute Gasteiger partial charge is 0.234 e. The van der Waals surface area contributed by atoms with E-state index in [2.05, 4.69) is 16.4 Å². The number of ether oxygens (including phenoxy) is 1. The lowest BCUT2D eigenvalue weighted by Crippen LogP contribution is -2.33. The third-order valence-corrected chi connectivity index (χ3v) is 6.37. The number of rotatable bonds is 7. The number of carbonyl (C=O) groups is 1. The van der Waals surface area contributed by atoms with Crippen LogP contribution in [-0.2, 0) is 18.4 Å². The van der Waals surface area contributed by atoms with E-state index < -0.39 is 12.1 Å². The fourth-order valence-corrected chi connectivity index (χ4v) is 4.12. The Balaban J connectivity index is 0.00000137. The molecule has 1 saturated carbocycles. The van der Waals surface area contributed by atoms with Gasteiger partial charge in [0.05, 0.1) is 43.0 Å². The van der Waals surface area contributed by atoms with Gasteiger partial charge in [0.1, 0.15) is 23.3 Å². The third-order valence-electron chi connectivity index (χ3n) is 6.37. The SMILES string of the molecule is CC.COc1ccc(CN(C(=O)[C@H]2C[C@H]2F)c2nc(Nc3cc(C#N)ccc3C)cc3c2ncn3C)cc1.[HH]. The molecular weight excluding hydrogens is 483 g/mol. The normalized spacial score (nSPS) is 15.7. The predicted octanol–water partition coefficient (Wildman–Crippen LogP) is 6.06. The van der Waals surface area contributed by atoms with Gasteiger partial charge in [0.2, 0.25) is 5.91 Å². The minimum Gasteiger partial charge on any atom is -0.497 e. The van der Waals surface area contributed by atoms with Crippen molar-refractivity contribution in [1.82, 2.24) is 14.5 Å². The molecule has 5 rings (SSSR count). The number of aromatic nitrogens is 3. The molecule has 8 nitrogen and oxygen atoms in total. The van der Waals surface area contributed by atoms with Crippen LogP contribution in [0.4, 0.5) is 21.7 Å². The Morgan fingerprint density at radius 2 is 1.97 bits per heavy atom. The maximum atomic E-state index is 14.0. The van der Waals surface area contributed by atoms with Crippen LogP contribution in [-0.4, -0.2) is 33.7 Å². The average molecular weight is 517 g/mol. The Hall–Kier alpha value is -4.45. The number of alkyl halides is 1. The van der Waals surface area contributed by atoms with E-state index in [1.807, 2.05) is 68.8 Å². The summed E-state index contributed by atoms with van der Waals surface area (Å²) < 4.78 is 21.1. The Labute approximate surface area is 223 Å². The molecule has 0 saturated heterocycles. The molecule has 0 unspecified atom stereocenters. The van der Waals surface area contributed by atoms with E-state index in [4.69, 9.17) is 9.72 Å². The molecule has 2 heterocycles. The molecule has 1 N–H and O–H groups in total. The second-order valence-corrected chi connectivity index (χ2v) is 8.95. The first-order valence-corrected chi connectivity index (χ1v) is 12.6. The molecule has 4 aromatic rings. The number of hydrogen-bond donors (Lipinski definition) is 1. The van der Waals surface area contributed by atoms with Crippen LogP contribution in [0, 0.1) is 24.2 Å². The Kier molecular flexibility index (Phi) is 7.91. The summed E-state index contributed by atoms with van der Waals surface area (Å²) in [5, 5.41) is 12.6. The molecular formula is C29H33FN6O2. The average Bonchev–Trinajstić information content (AvgIpc) is 3.57. The highest BCUT2D eigenvalue weighted by Gasteiger charge is 2.46. The van der Waals surface area contributed by atoms with Gasteiger partial charge in [-0.25, -0.2) is 14.4 Å². The van der Waals surface area contributed by atoms with Crippen LogP contribution in [0.5, 0.6) is 5.75 Å². The largest absolute Gasteiger partial charge is 0.497 e. The van der Waals surface area contributed by atoms with Crippen LogP contribution in [0.1, 0.15) is 38.4 Å². The lowest BCUT2D eigenvalue weighted by Gasteiger charge is -2.23. The van der Waals surface area contributed by atoms with Crippen molar-refractivity contribution in [3.8, 4) is 11.8 Å². The van der Waals surface area contributed by atoms with Gasteiger partial charge in [0.25, 0.3) is 0 Å². The zero-order valence-corrected chi connectivity index (χ0v) is 22.2. The number of imidazole rings is 1. The molecule has 0 bridgehead atoms. The zero-order valence-electron chi connectivity index (χ0n) is 22.2. The molecule has 1 amide bonds. The number of fused-ring (bicyclic) bond motifs is 1. The molecule has 38 heavy (non-hydrogen) atoms. The summed E-state index contributed by atoms with van der Waals surface area (Å²) in [5.41, 5.74) is 4.34. The van der Waals surface area contributed by atoms with Crippen molar-refractivity contribution >= 4 is 34.3 Å². The standard InChI is InChI=1S/C27H25FN6O2.C2H6.H2/c1-16-4-5-18(13-29)10-22(16)31-24-12-23-25(30-15-33(23)2)26(32-24)34(27(35)20-11-21(20)28)14-17-6-8-19(36-3)9-7-17;1-2;/h4-10,12,15,20-21H,11,14H2,1-3H3,(H,31,32);1-2H3;1H/t20-,21+;;/m0../s1. The van der Waals surface area contributed by atoms with Gasteiger partial charge in [0.15, 0.2) is 5.82 Å². The molecule has 1 aliphatic carbocycles. The van der Waals surface area contributed by atoms with Gasteiger partial charge in [-0.05, 0) is 48.7 Å². The molecule has 2 aromatic carbocycles. The molecule has 2 aromatic heterocycles. The van der Waals surface area contributed by atoms with Crippen molar-refractivity contribution in [1.29, 1.82) is 5.26 Å². The number of nitrogens with zero attached hydrogens (tertiary/aromatic N) is 5. The van der Waals surface area contributed by atoms with Crippen molar-refractivity contribution in [2.24, 2.45) is 13.0 Å². The molecule has 1 fully saturated rings. The minimum atomic E-state index is -1.15. The fourth-order valence-electron chi connectivity index (χ4n) is 4.12. The number of anilines is 3. The van der Waals surface area contributed by atoms with Gasteiger partial charge >= 0.3 is 0 Å². The van der Waals surface area contributed by atoms with Crippen LogP contribution in [0.2, 0.25) is 0 Å². The molecule has 0 radical (unpaired) electrons. The van der Waals surface area contributed by atoms with Gasteiger partial charge in [-0.1, -0.05) is 32.0 Å². The van der Waals surface area contributed by atoms with Crippen LogP contribution in [0.15, 0.2) is 54.9 Å². The van der Waals surface area contributed by atoms with Crippen molar-refractivity contribution in [2.75, 3.05) is 17.3 Å². The van der Waals surface area contributed by atoms with Crippen LogP contribution in [0.3, 0.4) is 0 Å². The number of pyridine rings is 1. The number of benzene rings is 2. The summed E-state index contributed by atoms with van der Waals surface area (Å²) in [5.74, 6) is 0.533. The quantitative estimate of drug-likeness (QED) is 0.321. The maximum absolute atomic E-state index is 14.0. The summed E-state index contributed by atoms with van der Waals surface area (Å²) >= 11 is 0. The number of aryl methyl sites for hydroxylation is 2. The second-order valence-electron chi connectivity index (χ2n) is 8.95. The molecule has 198 valence electrons. The van der Waals surface area contributed by atoms with Crippen LogP contribution >= 0.6 is 0 Å². The number of halogens is 1. The van der Waals surface area contributed by atoms with E-state index in [0.717, 1.165) is 22.3 Å². The van der Waals surface area contributed by atoms with Crippen molar-refractivity contribution < 1.29 is 15.3 Å². The number of carbonyl (C=O) groups excluding carboxylic acids is 1. The van der Waals surface area contributed by atoms with Gasteiger partial charge < -0.3 is 14.6 Å². The number of amides is 1. The van der Waals surface area contributed by atoms with E-state index in [9.17, 15) is 14.4 Å². The first-order valence-electron chi connectivity index (χ1n) is 12.6. The highest BCUT2D eigenvalue weighted by atomic mass is 19.1. The lowest BCUT2D eigenvalue weighted by molar-refractivity contribution is -0.120. The monoisotopic (exact) mass is 516 g/mol. The molecule has 0 spiro atoms. The first kappa shape index (κ1) is 26.6. The topological polar surface area (TPSA) is 96.1 Å². The van der Waals surface area contributed by atoms with E-state index >= 15 is 0 Å². The lowest BCUT2D eigenvalue weighted by atomic mass is 10.1. The highest BCUT2D eigenvalue weighted by Crippen LogP contribution is 2.38. The summed E-state index contributed by atoms with van der Waals surface area (Å²) in [6, 6.07) is 16.7. The highest BCUT2D eigenvalue weighted by molar-refractivity contribution is 6.03. The summed E-state index contributed by atoms with van der Waals surface area (Å²) in [6.45, 7) is 6.14. The maximum Gasteiger partial charge on any atom is 0.234 e. The summed E-state index contributed by atoms with van der Waals surface area (Å²) in [7, 11) is 3.45. The predicted molar refractivity (Wildman–Crippen MR) is 148 cm³/mol. The van der Waals surface area contributed by atoms with Crippen molar-refractivity contribution in [2.45, 2.75) is 39.9 Å². The molecule has 1 aliphatic rings. The van der Waals surface area contributed by atoms with E-state index in [0.29, 0.717) is 28.5 Å². The second kappa shape index (κ2) is 11.3. The zero-order chi connectivity index (χ0) is 27.4. The first-order chi connectivity index (χ1) is 18.4. The summed E-state index contributed by atoms with van der Waals surface area (Å²) in [6.07, 6.45) is 0.723. The fraction of sp³-hybridized carbons (Fsp3) is 0.310. The number of hydrogen-bond acceptors (Lipinski definition) is 6. The van der Waals surface area contributed by atoms with Gasteiger partial charge in [0, 0.05) is 20.2 Å². The van der Waals surface area contributed by atoms with Crippen LogP contribution < -0.4 is 15.0 Å². The van der Waals surface area contributed by atoms with Gasteiger partial charge in [-0.3, -0.25) is 9.69 Å². The third kappa shape index (κ3) is 5.44. The molecule has 0 aliphatic heterocycles. The number of methoxy groups -OCH3 is 1. The van der Waals surface area contributed by atoms with E-state index in [1.165, 1.54) is 4.90 Å². The van der Waals surface area contributed by atoms with E-state index in [1.54, 1.807) is 25.6 Å². The Morgan fingerprint density at radius 1 is 1.26 bits per heavy atom. The Morgan fingerprint density at radius 3 is 2.61 bits per heavy atom. The minimum absolute atomic E-state index is 0. The van der Waals surface area contributed by atoms with Gasteiger partial charge in [-0.15, -0.1) is 0 Å². The molecule has 9 heteroatoms. The number of nitrogens with one attached hydrogen (secondary N) is 1. The van der Waals surface area contributed by atoms with Crippen LogP contribution in [0.25, 0.3) is 11.0 Å². The summed E-state index contributed by atoms with van der Waals surface area (Å²) in [4.78, 5) is 24.2. The van der Waals surface area contributed by atoms with Gasteiger partial charge in [-0.2, -0.15) is 5.26 Å². The van der Waals surface area contributed by atoms with E-state index in [-0.39, 0.29) is 20.3 Å². The number of nitriles is 1. The van der Waals surface area contributed by atoms with Crippen molar-refractivity contribution in [3.63, 3.8) is 0 Å². The molecule has 2 atom stereocenters. The van der Waals surface area contributed by atoms with Crippen molar-refractivity contribution in [3.05, 3.63) is 71.5 Å². The Bertz CT molecular complexity index is 1500.